The van der Waals surface area contributed by atoms with Gasteiger partial charge in [0.15, 0.2) is 0 Å². The summed E-state index contributed by atoms with van der Waals surface area (Å²) >= 11 is 6.01. The Balaban J connectivity index is 1.62. The first-order valence-corrected chi connectivity index (χ1v) is 7.78. The maximum atomic E-state index is 13.1. The molecule has 0 aliphatic rings. The summed E-state index contributed by atoms with van der Waals surface area (Å²) in [7, 11) is 0. The summed E-state index contributed by atoms with van der Waals surface area (Å²) in [6.45, 7) is 0.396. The molecule has 0 bridgehead atoms. The van der Waals surface area contributed by atoms with Gasteiger partial charge in [-0.05, 0) is 23.3 Å². The molecule has 0 aliphatic heterocycles. The second-order valence-electron chi connectivity index (χ2n) is 5.37. The van der Waals surface area contributed by atoms with E-state index in [1.807, 2.05) is 30.3 Å². The van der Waals surface area contributed by atoms with Crippen molar-refractivity contribution in [1.82, 2.24) is 9.78 Å². The summed E-state index contributed by atoms with van der Waals surface area (Å²) in [6, 6.07) is 13.7. The average molecular weight is 344 g/mol. The molecule has 0 aliphatic carbocycles. The molecule has 1 aromatic heterocycles. The lowest BCUT2D eigenvalue weighted by Gasteiger charge is -2.05. The summed E-state index contributed by atoms with van der Waals surface area (Å²) < 4.78 is 14.7. The molecule has 0 spiro atoms. The molecule has 6 heteroatoms. The third kappa shape index (κ3) is 4.20. The quantitative estimate of drug-likeness (QED) is 0.763. The standard InChI is InChI=1S/C18H15ClFN3O/c19-17-9-15(20)7-6-14(17)11-23-12-16(10-21-23)22-18(24)8-13-4-2-1-3-5-13/h1-7,9-10,12H,8,11H2,(H,22,24). The van der Waals surface area contributed by atoms with Gasteiger partial charge in [-0.2, -0.15) is 5.10 Å². The number of halogens is 2. The minimum Gasteiger partial charge on any atom is -0.323 e. The average Bonchev–Trinajstić information content (AvgIpc) is 2.98. The highest BCUT2D eigenvalue weighted by atomic mass is 35.5. The zero-order valence-corrected chi connectivity index (χ0v) is 13.5. The Morgan fingerprint density at radius 2 is 2.00 bits per heavy atom. The van der Waals surface area contributed by atoms with Gasteiger partial charge >= 0.3 is 0 Å². The van der Waals surface area contributed by atoms with Crippen molar-refractivity contribution in [3.05, 3.63) is 82.9 Å². The fourth-order valence-corrected chi connectivity index (χ4v) is 2.55. The lowest BCUT2D eigenvalue weighted by molar-refractivity contribution is -0.115. The van der Waals surface area contributed by atoms with Gasteiger partial charge in [-0.25, -0.2) is 4.39 Å². The summed E-state index contributed by atoms with van der Waals surface area (Å²) in [4.78, 5) is 12.0. The number of carbonyl (C=O) groups excluding carboxylic acids is 1. The van der Waals surface area contributed by atoms with Crippen molar-refractivity contribution in [2.45, 2.75) is 13.0 Å². The van der Waals surface area contributed by atoms with Gasteiger partial charge in [-0.3, -0.25) is 9.48 Å². The number of anilines is 1. The number of benzene rings is 2. The van der Waals surface area contributed by atoms with Gasteiger partial charge in [0.1, 0.15) is 5.82 Å². The van der Waals surface area contributed by atoms with Crippen LogP contribution in [0.2, 0.25) is 5.02 Å². The van der Waals surface area contributed by atoms with Gasteiger partial charge < -0.3 is 5.32 Å². The number of nitrogens with zero attached hydrogens (tertiary/aromatic N) is 2. The molecule has 3 aromatic rings. The Morgan fingerprint density at radius 3 is 2.75 bits per heavy atom. The Labute approximate surface area is 143 Å². The molecule has 2 aromatic carbocycles. The number of hydrogen-bond donors (Lipinski definition) is 1. The molecular formula is C18H15ClFN3O. The van der Waals surface area contributed by atoms with Crippen molar-refractivity contribution in [1.29, 1.82) is 0 Å². The highest BCUT2D eigenvalue weighted by Crippen LogP contribution is 2.18. The van der Waals surface area contributed by atoms with Crippen LogP contribution < -0.4 is 5.32 Å². The molecule has 4 nitrogen and oxygen atoms in total. The normalized spacial score (nSPS) is 10.6. The second-order valence-corrected chi connectivity index (χ2v) is 5.78. The first-order chi connectivity index (χ1) is 11.6. The lowest BCUT2D eigenvalue weighted by Crippen LogP contribution is -2.13. The predicted octanol–water partition coefficient (Wildman–Crippen LogP) is 3.91. The Hall–Kier alpha value is -2.66. The minimum absolute atomic E-state index is 0.111. The van der Waals surface area contributed by atoms with Crippen molar-refractivity contribution in [2.75, 3.05) is 5.32 Å². The molecule has 1 N–H and O–H groups in total. The van der Waals surface area contributed by atoms with Crippen LogP contribution in [0.15, 0.2) is 60.9 Å². The summed E-state index contributed by atoms with van der Waals surface area (Å²) in [6.07, 6.45) is 3.58. The zero-order chi connectivity index (χ0) is 16.9. The smallest absolute Gasteiger partial charge is 0.228 e. The molecule has 24 heavy (non-hydrogen) atoms. The monoisotopic (exact) mass is 343 g/mol. The van der Waals surface area contributed by atoms with E-state index in [9.17, 15) is 9.18 Å². The Kier molecular flexibility index (Phi) is 4.91. The largest absolute Gasteiger partial charge is 0.323 e. The molecule has 0 unspecified atom stereocenters. The molecule has 1 heterocycles. The first kappa shape index (κ1) is 16.2. The minimum atomic E-state index is -0.377. The Bertz CT molecular complexity index is 848. The topological polar surface area (TPSA) is 46.9 Å². The molecule has 0 saturated heterocycles. The van der Waals surface area contributed by atoms with E-state index in [1.165, 1.54) is 12.1 Å². The third-order valence-electron chi connectivity index (χ3n) is 3.47. The van der Waals surface area contributed by atoms with Gasteiger partial charge in [0, 0.05) is 11.2 Å². The molecule has 0 atom stereocenters. The molecular weight excluding hydrogens is 329 g/mol. The zero-order valence-electron chi connectivity index (χ0n) is 12.7. The van der Waals surface area contributed by atoms with Crippen LogP contribution in [0, 0.1) is 5.82 Å². The maximum Gasteiger partial charge on any atom is 0.228 e. The van der Waals surface area contributed by atoms with Crippen LogP contribution in [0.1, 0.15) is 11.1 Å². The van der Waals surface area contributed by atoms with Crippen LogP contribution in [-0.4, -0.2) is 15.7 Å². The van der Waals surface area contributed by atoms with Crippen LogP contribution in [-0.2, 0) is 17.8 Å². The van der Waals surface area contributed by atoms with Crippen molar-refractivity contribution in [2.24, 2.45) is 0 Å². The number of amides is 1. The van der Waals surface area contributed by atoms with Crippen molar-refractivity contribution in [3.63, 3.8) is 0 Å². The van der Waals surface area contributed by atoms with E-state index in [2.05, 4.69) is 10.4 Å². The van der Waals surface area contributed by atoms with Gasteiger partial charge in [0.05, 0.1) is 24.8 Å². The van der Waals surface area contributed by atoms with Crippen LogP contribution in [0.3, 0.4) is 0 Å². The first-order valence-electron chi connectivity index (χ1n) is 7.40. The molecule has 1 amide bonds. The third-order valence-corrected chi connectivity index (χ3v) is 3.82. The van der Waals surface area contributed by atoms with E-state index in [4.69, 9.17) is 11.6 Å². The van der Waals surface area contributed by atoms with E-state index in [0.29, 0.717) is 23.7 Å². The number of carbonyl (C=O) groups is 1. The van der Waals surface area contributed by atoms with Crippen molar-refractivity contribution in [3.8, 4) is 0 Å². The summed E-state index contributed by atoms with van der Waals surface area (Å²) in [5.74, 6) is -0.487. The highest BCUT2D eigenvalue weighted by molar-refractivity contribution is 6.31. The fraction of sp³-hybridized carbons (Fsp3) is 0.111. The number of rotatable bonds is 5. The number of nitrogens with one attached hydrogen (secondary N) is 1. The van der Waals surface area contributed by atoms with E-state index in [-0.39, 0.29) is 11.7 Å². The van der Waals surface area contributed by atoms with Gasteiger partial charge in [0.2, 0.25) is 5.91 Å². The van der Waals surface area contributed by atoms with Crippen LogP contribution >= 0.6 is 11.6 Å². The number of aromatic nitrogens is 2. The van der Waals surface area contributed by atoms with Gasteiger partial charge in [-0.1, -0.05) is 48.0 Å². The van der Waals surface area contributed by atoms with Crippen LogP contribution in [0.25, 0.3) is 0 Å². The molecule has 122 valence electrons. The Morgan fingerprint density at radius 1 is 1.21 bits per heavy atom. The van der Waals surface area contributed by atoms with Crippen molar-refractivity contribution < 1.29 is 9.18 Å². The van der Waals surface area contributed by atoms with Crippen LogP contribution in [0.5, 0.6) is 0 Å². The summed E-state index contributed by atoms with van der Waals surface area (Å²) in [5, 5.41) is 7.34. The fourth-order valence-electron chi connectivity index (χ4n) is 2.33. The molecule has 0 radical (unpaired) electrons. The summed E-state index contributed by atoms with van der Waals surface area (Å²) in [5.41, 5.74) is 2.30. The maximum absolute atomic E-state index is 13.1. The lowest BCUT2D eigenvalue weighted by atomic mass is 10.1. The highest BCUT2D eigenvalue weighted by Gasteiger charge is 2.08. The van der Waals surface area contributed by atoms with E-state index in [1.54, 1.807) is 23.1 Å². The van der Waals surface area contributed by atoms with Crippen LogP contribution in [0.4, 0.5) is 10.1 Å². The predicted molar refractivity (Wildman–Crippen MR) is 91.5 cm³/mol. The SMILES string of the molecule is O=C(Cc1ccccc1)Nc1cnn(Cc2ccc(F)cc2Cl)c1. The van der Waals surface area contributed by atoms with Gasteiger partial charge in [0.25, 0.3) is 0 Å². The number of hydrogen-bond acceptors (Lipinski definition) is 2. The van der Waals surface area contributed by atoms with E-state index in [0.717, 1.165) is 11.1 Å². The molecule has 0 saturated carbocycles. The molecule has 0 fully saturated rings. The second kappa shape index (κ2) is 7.27. The van der Waals surface area contributed by atoms with E-state index >= 15 is 0 Å². The van der Waals surface area contributed by atoms with Crippen molar-refractivity contribution >= 4 is 23.2 Å². The molecule has 3 rings (SSSR count). The van der Waals surface area contributed by atoms with Gasteiger partial charge in [-0.15, -0.1) is 0 Å². The van der Waals surface area contributed by atoms with E-state index < -0.39 is 0 Å².